The first-order chi connectivity index (χ1) is 13.4. The lowest BCUT2D eigenvalue weighted by molar-refractivity contribution is 0.0678. The average Bonchev–Trinajstić information content (AvgIpc) is 2.67. The quantitative estimate of drug-likeness (QED) is 0.375. The number of carboxylic acids is 2. The van der Waals surface area contributed by atoms with Crippen LogP contribution in [-0.4, -0.2) is 22.2 Å². The third-order valence-corrected chi connectivity index (χ3v) is 5.96. The van der Waals surface area contributed by atoms with Crippen LogP contribution in [0.4, 0.5) is 0 Å². The molecule has 2 N–H and O–H groups in total. The molecule has 0 aromatic heterocycles. The molecule has 0 aliphatic rings. The molecule has 1 aromatic rings. The van der Waals surface area contributed by atoms with Crippen molar-refractivity contribution in [2.75, 3.05) is 0 Å². The van der Waals surface area contributed by atoms with E-state index in [1.165, 1.54) is 12.1 Å². The Kier molecular flexibility index (Phi) is 10.9. The highest BCUT2D eigenvalue weighted by Gasteiger charge is 2.24. The monoisotopic (exact) mass is 390 g/mol. The van der Waals surface area contributed by atoms with Crippen molar-refractivity contribution in [2.45, 2.75) is 91.9 Å². The van der Waals surface area contributed by atoms with Gasteiger partial charge in [0.1, 0.15) is 0 Å². The summed E-state index contributed by atoms with van der Waals surface area (Å²) in [6.07, 6.45) is 9.80. The van der Waals surface area contributed by atoms with Crippen LogP contribution in [0.3, 0.4) is 0 Å². The van der Waals surface area contributed by atoms with Crippen LogP contribution >= 0.6 is 0 Å². The van der Waals surface area contributed by atoms with E-state index in [0.717, 1.165) is 62.5 Å². The van der Waals surface area contributed by atoms with Gasteiger partial charge in [0.05, 0.1) is 11.1 Å². The lowest BCUT2D eigenvalue weighted by atomic mass is 9.81. The second kappa shape index (κ2) is 12.6. The van der Waals surface area contributed by atoms with Crippen molar-refractivity contribution in [3.8, 4) is 0 Å². The predicted molar refractivity (Wildman–Crippen MR) is 114 cm³/mol. The minimum atomic E-state index is -0.958. The molecule has 0 amide bonds. The first-order valence-electron chi connectivity index (χ1n) is 11.0. The number of carbonyl (C=O) groups is 2. The van der Waals surface area contributed by atoms with Crippen LogP contribution in [0.1, 0.15) is 111 Å². The molecule has 2 atom stereocenters. The number of aromatic carboxylic acids is 2. The summed E-state index contributed by atoms with van der Waals surface area (Å²) in [5.41, 5.74) is 2.07. The lowest BCUT2D eigenvalue weighted by Crippen LogP contribution is -2.18. The van der Waals surface area contributed by atoms with Crippen molar-refractivity contribution in [1.29, 1.82) is 0 Å². The Morgan fingerprint density at radius 3 is 1.36 bits per heavy atom. The van der Waals surface area contributed by atoms with E-state index in [1.807, 2.05) is 0 Å². The molecule has 0 saturated carbocycles. The van der Waals surface area contributed by atoms with Crippen LogP contribution in [0.25, 0.3) is 0 Å². The molecule has 1 rings (SSSR count). The Labute approximate surface area is 170 Å². The summed E-state index contributed by atoms with van der Waals surface area (Å²) in [5, 5.41) is 19.5. The zero-order valence-electron chi connectivity index (χ0n) is 18.1. The van der Waals surface area contributed by atoms with Crippen molar-refractivity contribution in [2.24, 2.45) is 11.8 Å². The highest BCUT2D eigenvalue weighted by atomic mass is 16.4. The van der Waals surface area contributed by atoms with Gasteiger partial charge in [0.25, 0.3) is 0 Å². The van der Waals surface area contributed by atoms with Crippen LogP contribution in [0.2, 0.25) is 0 Å². The van der Waals surface area contributed by atoms with Crippen molar-refractivity contribution in [3.63, 3.8) is 0 Å². The van der Waals surface area contributed by atoms with E-state index in [4.69, 9.17) is 0 Å². The molecule has 2 unspecified atom stereocenters. The Bertz CT molecular complexity index is 581. The number of carboxylic acid groups (broad SMARTS) is 2. The first kappa shape index (κ1) is 24.2. The number of unbranched alkanes of at least 4 members (excludes halogenated alkanes) is 2. The highest BCUT2D eigenvalue weighted by molar-refractivity contribution is 5.95. The minimum absolute atomic E-state index is 0.278. The zero-order chi connectivity index (χ0) is 21.1. The smallest absolute Gasteiger partial charge is 0.335 e. The van der Waals surface area contributed by atoms with Crippen LogP contribution in [0, 0.1) is 11.8 Å². The van der Waals surface area contributed by atoms with E-state index in [1.54, 1.807) is 0 Å². The van der Waals surface area contributed by atoms with E-state index < -0.39 is 11.9 Å². The highest BCUT2D eigenvalue weighted by Crippen LogP contribution is 2.30. The number of hydrogen-bond acceptors (Lipinski definition) is 2. The second-order valence-electron chi connectivity index (χ2n) is 7.97. The zero-order valence-corrected chi connectivity index (χ0v) is 18.1. The Hall–Kier alpha value is -1.84. The van der Waals surface area contributed by atoms with Crippen molar-refractivity contribution >= 4 is 11.9 Å². The van der Waals surface area contributed by atoms with Gasteiger partial charge in [0.2, 0.25) is 0 Å². The van der Waals surface area contributed by atoms with E-state index in [0.29, 0.717) is 24.7 Å². The molecule has 0 fully saturated rings. The maximum absolute atomic E-state index is 11.9. The molecule has 28 heavy (non-hydrogen) atoms. The molecule has 4 nitrogen and oxygen atoms in total. The van der Waals surface area contributed by atoms with E-state index in [2.05, 4.69) is 27.7 Å². The third kappa shape index (κ3) is 6.96. The van der Waals surface area contributed by atoms with E-state index in [-0.39, 0.29) is 11.1 Å². The maximum Gasteiger partial charge on any atom is 0.335 e. The van der Waals surface area contributed by atoms with E-state index in [9.17, 15) is 19.8 Å². The molecule has 4 heteroatoms. The fourth-order valence-corrected chi connectivity index (χ4v) is 4.02. The molecule has 0 saturated heterocycles. The molecular formula is C24H38O4. The SMILES string of the molecule is CCCCC(CC)Cc1c(C(=O)O)ccc(C(=O)O)c1CC(CC)CCCC. The van der Waals surface area contributed by atoms with Gasteiger partial charge in [-0.15, -0.1) is 0 Å². The van der Waals surface area contributed by atoms with Gasteiger partial charge in [-0.25, -0.2) is 9.59 Å². The third-order valence-electron chi connectivity index (χ3n) is 5.96. The van der Waals surface area contributed by atoms with Gasteiger partial charge in [-0.2, -0.15) is 0 Å². The summed E-state index contributed by atoms with van der Waals surface area (Å²) in [6.45, 7) is 8.59. The van der Waals surface area contributed by atoms with Gasteiger partial charge in [-0.1, -0.05) is 79.1 Å². The first-order valence-corrected chi connectivity index (χ1v) is 11.0. The molecule has 0 heterocycles. The molecule has 0 radical (unpaired) electrons. The lowest BCUT2D eigenvalue weighted by Gasteiger charge is -2.23. The molecule has 1 aromatic carbocycles. The van der Waals surface area contributed by atoms with Gasteiger partial charge in [-0.05, 0) is 47.9 Å². The van der Waals surface area contributed by atoms with Gasteiger partial charge in [-0.3, -0.25) is 0 Å². The summed E-state index contributed by atoms with van der Waals surface area (Å²) < 4.78 is 0. The Balaban J connectivity index is 3.42. The summed E-state index contributed by atoms with van der Waals surface area (Å²) in [7, 11) is 0. The van der Waals surface area contributed by atoms with Crippen molar-refractivity contribution < 1.29 is 19.8 Å². The second-order valence-corrected chi connectivity index (χ2v) is 7.97. The predicted octanol–water partition coefficient (Wildman–Crippen LogP) is 6.60. The number of benzene rings is 1. The van der Waals surface area contributed by atoms with Gasteiger partial charge >= 0.3 is 11.9 Å². The van der Waals surface area contributed by atoms with Gasteiger partial charge in [0, 0.05) is 0 Å². The average molecular weight is 391 g/mol. The summed E-state index contributed by atoms with van der Waals surface area (Å²) in [5.74, 6) is -1.14. The van der Waals surface area contributed by atoms with Crippen LogP contribution in [-0.2, 0) is 12.8 Å². The van der Waals surface area contributed by atoms with E-state index >= 15 is 0 Å². The van der Waals surface area contributed by atoms with Gasteiger partial charge in [0.15, 0.2) is 0 Å². The molecule has 0 spiro atoms. The molecular weight excluding hydrogens is 352 g/mol. The van der Waals surface area contributed by atoms with Crippen LogP contribution in [0.15, 0.2) is 12.1 Å². The topological polar surface area (TPSA) is 74.6 Å². The standard InChI is InChI=1S/C24H38O4/c1-5-9-11-17(7-3)15-21-19(23(25)26)13-14-20(24(27)28)22(21)16-18(8-4)12-10-6-2/h13-14,17-18H,5-12,15-16H2,1-4H3,(H,25,26)(H,27,28). The molecule has 158 valence electrons. The molecule has 0 aliphatic carbocycles. The fourth-order valence-electron chi connectivity index (χ4n) is 4.02. The maximum atomic E-state index is 11.9. The van der Waals surface area contributed by atoms with Crippen LogP contribution < -0.4 is 0 Å². The summed E-state index contributed by atoms with van der Waals surface area (Å²) >= 11 is 0. The van der Waals surface area contributed by atoms with Crippen molar-refractivity contribution in [3.05, 3.63) is 34.4 Å². The minimum Gasteiger partial charge on any atom is -0.478 e. The van der Waals surface area contributed by atoms with Crippen LogP contribution in [0.5, 0.6) is 0 Å². The number of hydrogen-bond donors (Lipinski definition) is 2. The molecule has 0 aliphatic heterocycles. The summed E-state index contributed by atoms with van der Waals surface area (Å²) in [6, 6.07) is 2.98. The summed E-state index contributed by atoms with van der Waals surface area (Å²) in [4.78, 5) is 23.8. The Morgan fingerprint density at radius 2 is 1.11 bits per heavy atom. The normalized spacial score (nSPS) is 13.3. The van der Waals surface area contributed by atoms with Crippen molar-refractivity contribution in [1.82, 2.24) is 0 Å². The Morgan fingerprint density at radius 1 is 0.750 bits per heavy atom. The fraction of sp³-hybridized carbons (Fsp3) is 0.667. The number of rotatable bonds is 14. The molecule has 0 bridgehead atoms. The largest absolute Gasteiger partial charge is 0.478 e. The van der Waals surface area contributed by atoms with Gasteiger partial charge < -0.3 is 10.2 Å².